The Bertz CT molecular complexity index is 738. The number of benzene rings is 1. The van der Waals surface area contributed by atoms with Crippen LogP contribution in [0.5, 0.6) is 11.5 Å². The zero-order valence-corrected chi connectivity index (χ0v) is 15.8. The molecule has 0 saturated heterocycles. The van der Waals surface area contributed by atoms with Crippen molar-refractivity contribution in [2.45, 2.75) is 46.1 Å². The molecule has 134 valence electrons. The Morgan fingerprint density at radius 2 is 1.92 bits per heavy atom. The molecule has 1 aliphatic rings. The molecule has 0 fully saturated rings. The maximum atomic E-state index is 12.4. The number of carbonyl (C=O) groups is 1. The van der Waals surface area contributed by atoms with Gasteiger partial charge in [0.15, 0.2) is 11.5 Å². The topological polar surface area (TPSA) is 47.6 Å². The SMILES string of the molecule is CC(C)CCC[C@@H](C)NC(=O)c1ccc(-c2ccc3c(c2)OCO3)s1. The van der Waals surface area contributed by atoms with Crippen molar-refractivity contribution >= 4 is 17.2 Å². The molecule has 25 heavy (non-hydrogen) atoms. The summed E-state index contributed by atoms with van der Waals surface area (Å²) in [6.07, 6.45) is 3.36. The summed E-state index contributed by atoms with van der Waals surface area (Å²) in [6.45, 7) is 6.80. The summed E-state index contributed by atoms with van der Waals surface area (Å²) in [7, 11) is 0. The van der Waals surface area contributed by atoms with E-state index in [-0.39, 0.29) is 18.7 Å². The van der Waals surface area contributed by atoms with E-state index in [4.69, 9.17) is 9.47 Å². The number of rotatable bonds is 7. The zero-order chi connectivity index (χ0) is 17.8. The molecule has 2 aromatic rings. The Morgan fingerprint density at radius 1 is 1.12 bits per heavy atom. The van der Waals surface area contributed by atoms with Crippen LogP contribution in [0.4, 0.5) is 0 Å². The molecule has 1 N–H and O–H groups in total. The quantitative estimate of drug-likeness (QED) is 0.749. The summed E-state index contributed by atoms with van der Waals surface area (Å²) in [6, 6.07) is 9.94. The lowest BCUT2D eigenvalue weighted by Gasteiger charge is -2.13. The lowest BCUT2D eigenvalue weighted by Crippen LogP contribution is -2.31. The van der Waals surface area contributed by atoms with Crippen molar-refractivity contribution < 1.29 is 14.3 Å². The largest absolute Gasteiger partial charge is 0.454 e. The van der Waals surface area contributed by atoms with E-state index in [1.54, 1.807) is 0 Å². The standard InChI is InChI=1S/C20H25NO3S/c1-13(2)5-4-6-14(3)21-20(22)19-10-9-18(25-19)15-7-8-16-17(11-15)24-12-23-16/h7-11,13-14H,4-6,12H2,1-3H3,(H,21,22)/t14-/m1/s1. The second kappa shape index (κ2) is 7.91. The van der Waals surface area contributed by atoms with Crippen LogP contribution in [-0.4, -0.2) is 18.7 Å². The van der Waals surface area contributed by atoms with E-state index in [9.17, 15) is 4.79 Å². The highest BCUT2D eigenvalue weighted by Crippen LogP contribution is 2.37. The van der Waals surface area contributed by atoms with E-state index >= 15 is 0 Å². The summed E-state index contributed by atoms with van der Waals surface area (Å²) in [5.74, 6) is 2.25. The highest BCUT2D eigenvalue weighted by molar-refractivity contribution is 7.17. The lowest BCUT2D eigenvalue weighted by atomic mass is 10.0. The summed E-state index contributed by atoms with van der Waals surface area (Å²) in [4.78, 5) is 14.2. The van der Waals surface area contributed by atoms with E-state index in [1.165, 1.54) is 17.8 Å². The van der Waals surface area contributed by atoms with Crippen molar-refractivity contribution in [3.05, 3.63) is 35.2 Å². The van der Waals surface area contributed by atoms with Gasteiger partial charge < -0.3 is 14.8 Å². The monoisotopic (exact) mass is 359 g/mol. The van der Waals surface area contributed by atoms with Gasteiger partial charge in [0.25, 0.3) is 5.91 Å². The van der Waals surface area contributed by atoms with Crippen LogP contribution >= 0.6 is 11.3 Å². The van der Waals surface area contributed by atoms with Crippen LogP contribution in [0, 0.1) is 5.92 Å². The molecular formula is C20H25NO3S. The lowest BCUT2D eigenvalue weighted by molar-refractivity contribution is 0.0942. The fourth-order valence-corrected chi connectivity index (χ4v) is 3.77. The molecule has 1 amide bonds. The fraction of sp³-hybridized carbons (Fsp3) is 0.450. The first-order valence-electron chi connectivity index (χ1n) is 8.83. The average Bonchev–Trinajstić information content (AvgIpc) is 3.23. The third-order valence-corrected chi connectivity index (χ3v) is 5.42. The van der Waals surface area contributed by atoms with E-state index < -0.39 is 0 Å². The van der Waals surface area contributed by atoms with E-state index in [0.717, 1.165) is 39.7 Å². The molecule has 0 unspecified atom stereocenters. The number of ether oxygens (including phenoxy) is 2. The number of hydrogen-bond acceptors (Lipinski definition) is 4. The first kappa shape index (κ1) is 17.8. The van der Waals surface area contributed by atoms with Crippen LogP contribution in [0.1, 0.15) is 49.7 Å². The van der Waals surface area contributed by atoms with Gasteiger partial charge in [-0.25, -0.2) is 0 Å². The van der Waals surface area contributed by atoms with Gasteiger partial charge in [0.05, 0.1) is 4.88 Å². The number of thiophene rings is 1. The van der Waals surface area contributed by atoms with Gasteiger partial charge in [-0.05, 0) is 55.2 Å². The predicted molar refractivity (Wildman–Crippen MR) is 101 cm³/mol. The van der Waals surface area contributed by atoms with Gasteiger partial charge in [0, 0.05) is 10.9 Å². The van der Waals surface area contributed by atoms with Gasteiger partial charge in [0.1, 0.15) is 0 Å². The van der Waals surface area contributed by atoms with Gasteiger partial charge in [-0.1, -0.05) is 26.7 Å². The van der Waals surface area contributed by atoms with Gasteiger partial charge in [-0.15, -0.1) is 11.3 Å². The van der Waals surface area contributed by atoms with Crippen LogP contribution in [-0.2, 0) is 0 Å². The summed E-state index contributed by atoms with van der Waals surface area (Å²) >= 11 is 1.50. The Morgan fingerprint density at radius 3 is 2.72 bits per heavy atom. The van der Waals surface area contributed by atoms with Crippen molar-refractivity contribution in [1.29, 1.82) is 0 Å². The van der Waals surface area contributed by atoms with Crippen LogP contribution < -0.4 is 14.8 Å². The minimum Gasteiger partial charge on any atom is -0.454 e. The molecule has 4 nitrogen and oxygen atoms in total. The van der Waals surface area contributed by atoms with Gasteiger partial charge >= 0.3 is 0 Å². The Balaban J connectivity index is 1.60. The first-order chi connectivity index (χ1) is 12.0. The van der Waals surface area contributed by atoms with Crippen molar-refractivity contribution in [3.63, 3.8) is 0 Å². The Labute approximate surface area is 153 Å². The van der Waals surface area contributed by atoms with E-state index in [2.05, 4.69) is 26.1 Å². The second-order valence-electron chi connectivity index (χ2n) is 6.93. The normalized spacial score (nSPS) is 13.9. The van der Waals surface area contributed by atoms with Gasteiger partial charge in [0.2, 0.25) is 6.79 Å². The molecule has 1 aliphatic heterocycles. The number of fused-ring (bicyclic) bond motifs is 1. The zero-order valence-electron chi connectivity index (χ0n) is 15.0. The Hall–Kier alpha value is -2.01. The minimum atomic E-state index is 0.00837. The molecule has 2 heterocycles. The first-order valence-corrected chi connectivity index (χ1v) is 9.65. The Kier molecular flexibility index (Phi) is 5.63. The fourth-order valence-electron chi connectivity index (χ4n) is 2.86. The average molecular weight is 359 g/mol. The predicted octanol–water partition coefficient (Wildman–Crippen LogP) is 5.09. The summed E-state index contributed by atoms with van der Waals surface area (Å²) in [5, 5.41) is 3.10. The van der Waals surface area contributed by atoms with E-state index in [1.807, 2.05) is 30.3 Å². The maximum Gasteiger partial charge on any atom is 0.261 e. The molecule has 0 radical (unpaired) electrons. The van der Waals surface area contributed by atoms with Crippen LogP contribution in [0.15, 0.2) is 30.3 Å². The van der Waals surface area contributed by atoms with E-state index in [0.29, 0.717) is 5.92 Å². The number of amides is 1. The minimum absolute atomic E-state index is 0.00837. The second-order valence-corrected chi connectivity index (χ2v) is 8.01. The number of carbonyl (C=O) groups excluding carboxylic acids is 1. The molecule has 0 bridgehead atoms. The molecule has 5 heteroatoms. The van der Waals surface area contributed by atoms with Crippen molar-refractivity contribution in [2.24, 2.45) is 5.92 Å². The van der Waals surface area contributed by atoms with Crippen LogP contribution in [0.3, 0.4) is 0 Å². The van der Waals surface area contributed by atoms with Crippen molar-refractivity contribution in [2.75, 3.05) is 6.79 Å². The molecule has 0 saturated carbocycles. The molecule has 1 atom stereocenters. The molecule has 0 aliphatic carbocycles. The third-order valence-electron chi connectivity index (χ3n) is 4.28. The molecule has 3 rings (SSSR count). The van der Waals surface area contributed by atoms with Crippen molar-refractivity contribution in [3.8, 4) is 21.9 Å². The van der Waals surface area contributed by atoms with Crippen molar-refractivity contribution in [1.82, 2.24) is 5.32 Å². The summed E-state index contributed by atoms with van der Waals surface area (Å²) < 4.78 is 10.8. The highest BCUT2D eigenvalue weighted by atomic mass is 32.1. The highest BCUT2D eigenvalue weighted by Gasteiger charge is 2.16. The van der Waals surface area contributed by atoms with Crippen LogP contribution in [0.25, 0.3) is 10.4 Å². The van der Waals surface area contributed by atoms with Crippen LogP contribution in [0.2, 0.25) is 0 Å². The molecule has 1 aromatic heterocycles. The third kappa shape index (κ3) is 4.54. The molecular weight excluding hydrogens is 334 g/mol. The van der Waals surface area contributed by atoms with Gasteiger partial charge in [-0.3, -0.25) is 4.79 Å². The smallest absolute Gasteiger partial charge is 0.261 e. The number of hydrogen-bond donors (Lipinski definition) is 1. The summed E-state index contributed by atoms with van der Waals surface area (Å²) in [5.41, 5.74) is 1.04. The maximum absolute atomic E-state index is 12.4. The number of nitrogens with one attached hydrogen (secondary N) is 1. The molecule has 1 aromatic carbocycles. The van der Waals surface area contributed by atoms with Gasteiger partial charge in [-0.2, -0.15) is 0 Å². The molecule has 0 spiro atoms.